The van der Waals surface area contributed by atoms with Crippen LogP contribution in [-0.2, 0) is 26.3 Å². The topological polar surface area (TPSA) is 78.9 Å². The molecule has 1 aromatic rings. The Kier molecular flexibility index (Phi) is 5.39. The third-order valence-corrected chi connectivity index (χ3v) is 5.19. The Bertz CT molecular complexity index is 638. The number of aliphatic hydroxyl groups excluding tert-OH is 1. The van der Waals surface area contributed by atoms with E-state index in [1.807, 2.05) is 19.1 Å². The summed E-state index contributed by atoms with van der Waals surface area (Å²) in [5.74, 6) is -0.229. The number of carbonyl (C=O) groups excluding carboxylic acids is 2. The van der Waals surface area contributed by atoms with Crippen LogP contribution in [0.15, 0.2) is 24.3 Å². The molecule has 2 aliphatic rings. The Morgan fingerprint density at radius 1 is 1.32 bits per heavy atom. The summed E-state index contributed by atoms with van der Waals surface area (Å²) < 4.78 is 6.46. The normalized spacial score (nSPS) is 21.7. The van der Waals surface area contributed by atoms with Gasteiger partial charge in [0.2, 0.25) is 11.8 Å². The first-order chi connectivity index (χ1) is 12.1. The van der Waals surface area contributed by atoms with E-state index in [-0.39, 0.29) is 17.9 Å². The molecule has 0 bridgehead atoms. The molecule has 0 radical (unpaired) electrons. The van der Waals surface area contributed by atoms with Crippen molar-refractivity contribution in [3.8, 4) is 0 Å². The van der Waals surface area contributed by atoms with Crippen molar-refractivity contribution in [1.29, 1.82) is 0 Å². The van der Waals surface area contributed by atoms with Gasteiger partial charge in [-0.2, -0.15) is 0 Å². The van der Waals surface area contributed by atoms with Crippen molar-refractivity contribution >= 4 is 11.8 Å². The second kappa shape index (κ2) is 7.54. The number of piperidine rings is 1. The number of rotatable bonds is 4. The Morgan fingerprint density at radius 2 is 2.04 bits per heavy atom. The number of hydrogen-bond donors (Lipinski definition) is 2. The number of likely N-dealkylation sites (tertiary alicyclic amines) is 1. The number of amides is 2. The predicted octanol–water partition coefficient (Wildman–Crippen LogP) is 0.964. The average molecular weight is 346 g/mol. The van der Waals surface area contributed by atoms with Crippen molar-refractivity contribution < 1.29 is 19.4 Å². The summed E-state index contributed by atoms with van der Waals surface area (Å²) in [6.45, 7) is 3.18. The molecule has 0 saturated carbocycles. The summed E-state index contributed by atoms with van der Waals surface area (Å²) in [4.78, 5) is 25.4. The summed E-state index contributed by atoms with van der Waals surface area (Å²) in [6, 6.07) is 8.24. The molecule has 2 heterocycles. The number of ether oxygens (including phenoxy) is 1. The molecule has 1 saturated heterocycles. The third kappa shape index (κ3) is 3.70. The second-order valence-electron chi connectivity index (χ2n) is 6.79. The molecule has 6 heteroatoms. The number of aliphatic hydroxyl groups is 1. The monoisotopic (exact) mass is 346 g/mol. The molecule has 1 atom stereocenters. The van der Waals surface area contributed by atoms with Crippen molar-refractivity contribution in [2.24, 2.45) is 0 Å². The highest BCUT2D eigenvalue weighted by Crippen LogP contribution is 2.43. The van der Waals surface area contributed by atoms with Gasteiger partial charge in [-0.15, -0.1) is 0 Å². The van der Waals surface area contributed by atoms with E-state index in [2.05, 4.69) is 17.4 Å². The van der Waals surface area contributed by atoms with Gasteiger partial charge in [-0.3, -0.25) is 9.59 Å². The van der Waals surface area contributed by atoms with E-state index >= 15 is 0 Å². The van der Waals surface area contributed by atoms with Crippen LogP contribution in [0, 0.1) is 0 Å². The van der Waals surface area contributed by atoms with E-state index in [1.54, 1.807) is 4.90 Å². The molecule has 136 valence electrons. The minimum absolute atomic E-state index is 0.00919. The zero-order chi connectivity index (χ0) is 17.9. The number of nitrogens with zero attached hydrogens (tertiary/aromatic N) is 1. The van der Waals surface area contributed by atoms with E-state index in [1.165, 1.54) is 11.1 Å². The van der Waals surface area contributed by atoms with Crippen LogP contribution in [0.3, 0.4) is 0 Å². The molecule has 0 aromatic heterocycles. The molecule has 2 amide bonds. The molecular formula is C19H26N2O4. The highest BCUT2D eigenvalue weighted by Gasteiger charge is 2.44. The number of nitrogens with one attached hydrogen (secondary N) is 1. The molecule has 1 aromatic carbocycles. The van der Waals surface area contributed by atoms with Crippen molar-refractivity contribution in [3.05, 3.63) is 35.4 Å². The molecule has 25 heavy (non-hydrogen) atoms. The van der Waals surface area contributed by atoms with Crippen LogP contribution in [0.4, 0.5) is 0 Å². The van der Waals surface area contributed by atoms with Crippen molar-refractivity contribution in [2.75, 3.05) is 26.2 Å². The lowest BCUT2D eigenvalue weighted by Gasteiger charge is -2.47. The van der Waals surface area contributed by atoms with Gasteiger partial charge in [0.25, 0.3) is 0 Å². The van der Waals surface area contributed by atoms with Crippen molar-refractivity contribution in [3.63, 3.8) is 0 Å². The molecule has 3 rings (SSSR count). The van der Waals surface area contributed by atoms with E-state index in [0.717, 1.165) is 6.42 Å². The van der Waals surface area contributed by atoms with Crippen LogP contribution in [0.5, 0.6) is 0 Å². The van der Waals surface area contributed by atoms with Crippen LogP contribution in [0.25, 0.3) is 0 Å². The lowest BCUT2D eigenvalue weighted by molar-refractivity contribution is -0.158. The van der Waals surface area contributed by atoms with Gasteiger partial charge >= 0.3 is 0 Å². The van der Waals surface area contributed by atoms with E-state index < -0.39 is 12.2 Å². The average Bonchev–Trinajstić information content (AvgIpc) is 2.62. The minimum atomic E-state index is -0.454. The van der Waals surface area contributed by atoms with Crippen LogP contribution in [0.1, 0.15) is 37.3 Å². The lowest BCUT2D eigenvalue weighted by Crippen LogP contribution is -2.51. The summed E-state index contributed by atoms with van der Waals surface area (Å²) in [6.07, 6.45) is 2.29. The molecule has 2 aliphatic heterocycles. The Hall–Kier alpha value is -1.92. The van der Waals surface area contributed by atoms with Gasteiger partial charge in [0.05, 0.1) is 18.1 Å². The Balaban J connectivity index is 1.80. The number of carbonyl (C=O) groups is 2. The van der Waals surface area contributed by atoms with Crippen molar-refractivity contribution in [1.82, 2.24) is 10.2 Å². The summed E-state index contributed by atoms with van der Waals surface area (Å²) in [5.41, 5.74) is 1.96. The van der Waals surface area contributed by atoms with Crippen LogP contribution in [-0.4, -0.2) is 54.2 Å². The molecule has 1 fully saturated rings. The molecule has 2 N–H and O–H groups in total. The van der Waals surface area contributed by atoms with E-state index in [0.29, 0.717) is 38.9 Å². The predicted molar refractivity (Wildman–Crippen MR) is 92.9 cm³/mol. The summed E-state index contributed by atoms with van der Waals surface area (Å²) in [7, 11) is 0. The molecule has 1 unspecified atom stereocenters. The fourth-order valence-corrected chi connectivity index (χ4v) is 4.01. The SMILES string of the molecule is CCNC(=O)CC1Cc2ccccc2C2(CCN(C(=O)CO)CC2)O1. The minimum Gasteiger partial charge on any atom is -0.387 e. The highest BCUT2D eigenvalue weighted by atomic mass is 16.5. The van der Waals surface area contributed by atoms with Gasteiger partial charge in [0, 0.05) is 19.6 Å². The summed E-state index contributed by atoms with van der Waals surface area (Å²) >= 11 is 0. The highest BCUT2D eigenvalue weighted by molar-refractivity contribution is 5.77. The maximum absolute atomic E-state index is 12.0. The van der Waals surface area contributed by atoms with Crippen LogP contribution in [0.2, 0.25) is 0 Å². The zero-order valence-corrected chi connectivity index (χ0v) is 14.7. The first kappa shape index (κ1) is 17.9. The zero-order valence-electron chi connectivity index (χ0n) is 14.7. The van der Waals surface area contributed by atoms with Crippen molar-refractivity contribution in [2.45, 2.75) is 44.3 Å². The standard InChI is InChI=1S/C19H26N2O4/c1-2-20-17(23)12-15-11-14-5-3-4-6-16(14)19(25-15)7-9-21(10-8-19)18(24)13-22/h3-6,15,22H,2,7-13H2,1H3,(H,20,23). The first-order valence-electron chi connectivity index (χ1n) is 8.99. The van der Waals surface area contributed by atoms with Gasteiger partial charge in [-0.25, -0.2) is 0 Å². The number of hydrogen-bond acceptors (Lipinski definition) is 4. The second-order valence-corrected chi connectivity index (χ2v) is 6.79. The summed E-state index contributed by atoms with van der Waals surface area (Å²) in [5, 5.41) is 11.9. The van der Waals surface area contributed by atoms with Gasteiger partial charge < -0.3 is 20.1 Å². The largest absolute Gasteiger partial charge is 0.387 e. The quantitative estimate of drug-likeness (QED) is 0.851. The fourth-order valence-electron chi connectivity index (χ4n) is 4.01. The van der Waals surface area contributed by atoms with E-state index in [9.17, 15) is 9.59 Å². The fraction of sp³-hybridized carbons (Fsp3) is 0.579. The maximum Gasteiger partial charge on any atom is 0.248 e. The Labute approximate surface area is 148 Å². The number of benzene rings is 1. The molecular weight excluding hydrogens is 320 g/mol. The van der Waals surface area contributed by atoms with E-state index in [4.69, 9.17) is 9.84 Å². The maximum atomic E-state index is 12.0. The number of fused-ring (bicyclic) bond motifs is 2. The van der Waals surface area contributed by atoms with Gasteiger partial charge in [0.1, 0.15) is 6.61 Å². The van der Waals surface area contributed by atoms with Gasteiger partial charge in [0.15, 0.2) is 0 Å². The lowest BCUT2D eigenvalue weighted by atomic mass is 9.78. The van der Waals surface area contributed by atoms with Gasteiger partial charge in [-0.05, 0) is 37.3 Å². The molecule has 6 nitrogen and oxygen atoms in total. The third-order valence-electron chi connectivity index (χ3n) is 5.19. The Morgan fingerprint density at radius 3 is 2.72 bits per heavy atom. The van der Waals surface area contributed by atoms with Gasteiger partial charge in [-0.1, -0.05) is 24.3 Å². The van der Waals surface area contributed by atoms with Crippen LogP contribution < -0.4 is 5.32 Å². The van der Waals surface area contributed by atoms with Crippen LogP contribution >= 0.6 is 0 Å². The molecule has 0 aliphatic carbocycles. The smallest absolute Gasteiger partial charge is 0.248 e. The molecule has 1 spiro atoms. The first-order valence-corrected chi connectivity index (χ1v) is 8.99.